The maximum Gasteiger partial charge on any atom is 0.227 e. The van der Waals surface area contributed by atoms with Crippen molar-refractivity contribution in [2.24, 2.45) is 11.7 Å². The molecule has 1 aromatic heterocycles. The molecule has 0 atom stereocenters. The van der Waals surface area contributed by atoms with Gasteiger partial charge in [0, 0.05) is 51.0 Å². The Morgan fingerprint density at radius 3 is 2.24 bits per heavy atom. The predicted octanol–water partition coefficient (Wildman–Crippen LogP) is 2.04. The lowest BCUT2D eigenvalue weighted by Gasteiger charge is -2.32. The molecule has 1 saturated carbocycles. The molecule has 0 aromatic carbocycles. The largest absolute Gasteiger partial charge is 0.369 e. The summed E-state index contributed by atoms with van der Waals surface area (Å²) in [5.74, 6) is 2.35. The number of hydrogen-bond donors (Lipinski definition) is 1. The number of amides is 2. The smallest absolute Gasteiger partial charge is 0.227 e. The van der Waals surface area contributed by atoms with Gasteiger partial charge in [0.1, 0.15) is 5.82 Å². The van der Waals surface area contributed by atoms with E-state index in [1.165, 1.54) is 19.3 Å². The van der Waals surface area contributed by atoms with Crippen LogP contribution in [0, 0.1) is 5.92 Å². The number of carbonyl (C=O) groups is 2. The second-order valence-electron chi connectivity index (χ2n) is 8.85. The van der Waals surface area contributed by atoms with E-state index in [9.17, 15) is 9.59 Å². The minimum atomic E-state index is -0.204. The van der Waals surface area contributed by atoms with Crippen LogP contribution in [0.15, 0.2) is 0 Å². The van der Waals surface area contributed by atoms with Crippen LogP contribution in [0.5, 0.6) is 0 Å². The zero-order chi connectivity index (χ0) is 20.2. The van der Waals surface area contributed by atoms with Crippen molar-refractivity contribution in [3.63, 3.8) is 0 Å². The minimum absolute atomic E-state index is 0.0439. The first-order valence-electron chi connectivity index (χ1n) is 11.4. The molecule has 2 saturated heterocycles. The van der Waals surface area contributed by atoms with Gasteiger partial charge < -0.3 is 15.5 Å². The van der Waals surface area contributed by atoms with Gasteiger partial charge in [0.2, 0.25) is 17.8 Å². The van der Waals surface area contributed by atoms with Gasteiger partial charge >= 0.3 is 0 Å². The van der Waals surface area contributed by atoms with Gasteiger partial charge in [-0.25, -0.2) is 0 Å². The first-order valence-corrected chi connectivity index (χ1v) is 11.4. The van der Waals surface area contributed by atoms with Crippen LogP contribution in [-0.4, -0.2) is 57.7 Å². The third kappa shape index (κ3) is 4.56. The first kappa shape index (κ1) is 20.2. The van der Waals surface area contributed by atoms with Crippen LogP contribution in [0.3, 0.4) is 0 Å². The number of anilines is 1. The SMILES string of the molecule is NC(=O)C1CCN(c2nnc(C3CCCC3)n2CCC(=O)N2CCCCC2)CC1. The Morgan fingerprint density at radius 1 is 0.897 bits per heavy atom. The van der Waals surface area contributed by atoms with Crippen molar-refractivity contribution in [3.05, 3.63) is 5.82 Å². The highest BCUT2D eigenvalue weighted by atomic mass is 16.2. The maximum absolute atomic E-state index is 12.7. The highest BCUT2D eigenvalue weighted by Crippen LogP contribution is 2.35. The molecule has 3 aliphatic rings. The summed E-state index contributed by atoms with van der Waals surface area (Å²) in [5, 5.41) is 9.12. The lowest BCUT2D eigenvalue weighted by molar-refractivity contribution is -0.132. The molecular formula is C21H34N6O2. The summed E-state index contributed by atoms with van der Waals surface area (Å²) in [6.07, 6.45) is 10.3. The van der Waals surface area contributed by atoms with Crippen molar-refractivity contribution in [3.8, 4) is 0 Å². The number of aromatic nitrogens is 3. The minimum Gasteiger partial charge on any atom is -0.369 e. The molecule has 0 spiro atoms. The second-order valence-corrected chi connectivity index (χ2v) is 8.85. The van der Waals surface area contributed by atoms with Crippen molar-refractivity contribution >= 4 is 17.8 Å². The molecule has 8 heteroatoms. The lowest BCUT2D eigenvalue weighted by Crippen LogP contribution is -2.40. The lowest BCUT2D eigenvalue weighted by atomic mass is 9.96. The van der Waals surface area contributed by atoms with E-state index in [1.807, 2.05) is 4.90 Å². The van der Waals surface area contributed by atoms with E-state index in [1.54, 1.807) is 0 Å². The fourth-order valence-corrected chi connectivity index (χ4v) is 5.11. The Kier molecular flexibility index (Phi) is 6.35. The van der Waals surface area contributed by atoms with Crippen LogP contribution in [0.4, 0.5) is 5.95 Å². The summed E-state index contributed by atoms with van der Waals surface area (Å²) in [6, 6.07) is 0. The van der Waals surface area contributed by atoms with Gasteiger partial charge in [0.25, 0.3) is 0 Å². The molecule has 2 amide bonds. The molecule has 0 unspecified atom stereocenters. The summed E-state index contributed by atoms with van der Waals surface area (Å²) in [5.41, 5.74) is 5.49. The second kappa shape index (κ2) is 9.13. The van der Waals surface area contributed by atoms with Gasteiger partial charge in [-0.3, -0.25) is 14.2 Å². The Bertz CT molecular complexity index is 713. The molecular weight excluding hydrogens is 368 g/mol. The Labute approximate surface area is 172 Å². The van der Waals surface area contributed by atoms with E-state index in [2.05, 4.69) is 19.7 Å². The van der Waals surface area contributed by atoms with E-state index in [-0.39, 0.29) is 17.7 Å². The van der Waals surface area contributed by atoms with Gasteiger partial charge in [-0.15, -0.1) is 10.2 Å². The summed E-state index contributed by atoms with van der Waals surface area (Å²) in [6.45, 7) is 3.94. The molecule has 3 heterocycles. The monoisotopic (exact) mass is 402 g/mol. The molecule has 0 bridgehead atoms. The van der Waals surface area contributed by atoms with Crippen molar-refractivity contribution in [2.45, 2.75) is 76.7 Å². The van der Waals surface area contributed by atoms with E-state index >= 15 is 0 Å². The average molecular weight is 403 g/mol. The number of likely N-dealkylation sites (tertiary alicyclic amines) is 1. The van der Waals surface area contributed by atoms with E-state index in [0.717, 1.165) is 76.5 Å². The number of hydrogen-bond acceptors (Lipinski definition) is 5. The van der Waals surface area contributed by atoms with Crippen LogP contribution in [0.25, 0.3) is 0 Å². The van der Waals surface area contributed by atoms with E-state index < -0.39 is 0 Å². The van der Waals surface area contributed by atoms with Crippen LogP contribution in [-0.2, 0) is 16.1 Å². The Morgan fingerprint density at radius 2 is 1.59 bits per heavy atom. The van der Waals surface area contributed by atoms with E-state index in [4.69, 9.17) is 5.73 Å². The molecule has 160 valence electrons. The molecule has 0 radical (unpaired) electrons. The summed E-state index contributed by atoms with van der Waals surface area (Å²) in [7, 11) is 0. The van der Waals surface area contributed by atoms with Crippen LogP contribution in [0.1, 0.15) is 76.0 Å². The summed E-state index contributed by atoms with van der Waals surface area (Å²) < 4.78 is 2.20. The quantitative estimate of drug-likeness (QED) is 0.785. The van der Waals surface area contributed by atoms with Crippen molar-refractivity contribution < 1.29 is 9.59 Å². The highest BCUT2D eigenvalue weighted by molar-refractivity contribution is 5.77. The van der Waals surface area contributed by atoms with E-state index in [0.29, 0.717) is 18.9 Å². The Hall–Kier alpha value is -2.12. The predicted molar refractivity (Wildman–Crippen MR) is 110 cm³/mol. The van der Waals surface area contributed by atoms with Gasteiger partial charge in [0.15, 0.2) is 0 Å². The van der Waals surface area contributed by atoms with Crippen molar-refractivity contribution in [2.75, 3.05) is 31.1 Å². The van der Waals surface area contributed by atoms with Crippen LogP contribution >= 0.6 is 0 Å². The molecule has 1 aromatic rings. The standard InChI is InChI=1S/C21H34N6O2/c22-19(29)16-8-13-26(14-9-16)21-24-23-20(17-6-2-3-7-17)27(21)15-10-18(28)25-11-4-1-5-12-25/h16-17H,1-15H2,(H2,22,29). The molecule has 4 rings (SSSR count). The molecule has 2 aliphatic heterocycles. The highest BCUT2D eigenvalue weighted by Gasteiger charge is 2.30. The van der Waals surface area contributed by atoms with Gasteiger partial charge in [-0.1, -0.05) is 12.8 Å². The molecule has 3 fully saturated rings. The number of primary amides is 1. The fraction of sp³-hybridized carbons (Fsp3) is 0.810. The third-order valence-corrected chi connectivity index (χ3v) is 6.92. The third-order valence-electron chi connectivity index (χ3n) is 6.92. The van der Waals surface area contributed by atoms with Gasteiger partial charge in [0.05, 0.1) is 0 Å². The Balaban J connectivity index is 1.48. The number of nitrogens with zero attached hydrogens (tertiary/aromatic N) is 5. The van der Waals surface area contributed by atoms with Crippen molar-refractivity contribution in [1.29, 1.82) is 0 Å². The number of carbonyl (C=O) groups excluding carboxylic acids is 2. The summed E-state index contributed by atoms with van der Waals surface area (Å²) >= 11 is 0. The average Bonchev–Trinajstić information content (AvgIpc) is 3.42. The normalized spacial score (nSPS) is 21.7. The zero-order valence-electron chi connectivity index (χ0n) is 17.4. The summed E-state index contributed by atoms with van der Waals surface area (Å²) in [4.78, 5) is 28.5. The fourth-order valence-electron chi connectivity index (χ4n) is 5.11. The van der Waals surface area contributed by atoms with Gasteiger partial charge in [-0.05, 0) is 44.9 Å². The molecule has 29 heavy (non-hydrogen) atoms. The number of piperidine rings is 2. The van der Waals surface area contributed by atoms with Crippen molar-refractivity contribution in [1.82, 2.24) is 19.7 Å². The van der Waals surface area contributed by atoms with Gasteiger partial charge in [-0.2, -0.15) is 0 Å². The zero-order valence-corrected chi connectivity index (χ0v) is 17.4. The van der Waals surface area contributed by atoms with Crippen LogP contribution < -0.4 is 10.6 Å². The van der Waals surface area contributed by atoms with Crippen LogP contribution in [0.2, 0.25) is 0 Å². The topological polar surface area (TPSA) is 97.4 Å². The molecule has 8 nitrogen and oxygen atoms in total. The molecule has 1 aliphatic carbocycles. The number of nitrogens with two attached hydrogens (primary N) is 1. The number of rotatable bonds is 6. The first-order chi connectivity index (χ1) is 14.1. The molecule has 2 N–H and O–H groups in total. The maximum atomic E-state index is 12.7.